The predicted octanol–water partition coefficient (Wildman–Crippen LogP) is 2.38. The normalized spacial score (nSPS) is 17.2. The van der Waals surface area contributed by atoms with Crippen molar-refractivity contribution in [3.05, 3.63) is 59.2 Å². The topological polar surface area (TPSA) is 37.8 Å². The van der Waals surface area contributed by atoms with E-state index in [1.807, 2.05) is 0 Å². The Kier molecular flexibility index (Phi) is 2.04. The summed E-state index contributed by atoms with van der Waals surface area (Å²) in [4.78, 5) is 8.19. The minimum absolute atomic E-state index is 0.0549. The van der Waals surface area contributed by atoms with Crippen molar-refractivity contribution in [2.75, 3.05) is 0 Å². The van der Waals surface area contributed by atoms with Gasteiger partial charge in [-0.05, 0) is 38.0 Å². The molecule has 2 heterocycles. The molecule has 3 nitrogen and oxygen atoms in total. The minimum Gasteiger partial charge on any atom is -0.306 e. The molecule has 0 atom stereocenters. The number of aryl methyl sites for hydroxylation is 2. The molecular weight excluding hydrogens is 210 g/mol. The monoisotopic (exact) mass is 233 g/mol. The summed E-state index contributed by atoms with van der Waals surface area (Å²) in [5.41, 5.74) is 1.31. The van der Waals surface area contributed by atoms with Crippen LogP contribution in [0, 0.1) is 13.7 Å². The first kappa shape index (κ1) is 6.26. The molecule has 0 aromatic carbocycles. The molecule has 17 heavy (non-hydrogen) atoms. The molecule has 0 aliphatic heterocycles. The molecule has 0 saturated heterocycles. The first-order chi connectivity index (χ1) is 10.7. The summed E-state index contributed by atoms with van der Waals surface area (Å²) >= 11 is 0. The lowest BCUT2D eigenvalue weighted by Gasteiger charge is -2.05. The lowest BCUT2D eigenvalue weighted by atomic mass is 10.3. The van der Waals surface area contributed by atoms with E-state index in [0.29, 0.717) is 24.5 Å². The second-order valence-corrected chi connectivity index (χ2v) is 3.63. The van der Waals surface area contributed by atoms with Crippen LogP contribution >= 0.6 is 0 Å². The molecule has 88 valence electrons. The molecule has 2 aromatic heterocycles. The maximum Gasteiger partial charge on any atom is 0.0544 e. The van der Waals surface area contributed by atoms with E-state index in [9.17, 15) is 0 Å². The number of aromatic nitrogens is 2. The van der Waals surface area contributed by atoms with Crippen molar-refractivity contribution in [1.82, 2.24) is 15.3 Å². The van der Waals surface area contributed by atoms with Crippen LogP contribution in [0.1, 0.15) is 31.0 Å². The van der Waals surface area contributed by atoms with Crippen LogP contribution in [0.4, 0.5) is 0 Å². The van der Waals surface area contributed by atoms with E-state index in [0.717, 1.165) is 0 Å². The molecule has 0 unspecified atom stereocenters. The Morgan fingerprint density at radius 3 is 1.94 bits per heavy atom. The zero-order valence-electron chi connectivity index (χ0n) is 15.3. The minimum atomic E-state index is -2.23. The largest absolute Gasteiger partial charge is 0.306 e. The quantitative estimate of drug-likeness (QED) is 0.881. The number of hydrogen-bond donors (Lipinski definition) is 1. The molecule has 3 heteroatoms. The SMILES string of the molecule is [2H]C([2H])([2H])c1cccc(CNCc2cccc(C([2H])([2H])[2H])n2)n1. The number of nitrogens with zero attached hydrogens (tertiary/aromatic N) is 2. The van der Waals surface area contributed by atoms with Crippen LogP contribution in [0.25, 0.3) is 0 Å². The van der Waals surface area contributed by atoms with E-state index in [2.05, 4.69) is 15.3 Å². The Morgan fingerprint density at radius 1 is 0.941 bits per heavy atom. The highest BCUT2D eigenvalue weighted by Crippen LogP contribution is 2.00. The maximum atomic E-state index is 7.35. The van der Waals surface area contributed by atoms with Crippen LogP contribution in [0.5, 0.6) is 0 Å². The van der Waals surface area contributed by atoms with Crippen LogP contribution < -0.4 is 5.32 Å². The Labute approximate surface area is 110 Å². The zero-order valence-corrected chi connectivity index (χ0v) is 9.27. The Balaban J connectivity index is 1.98. The number of rotatable bonds is 4. The molecule has 0 bridgehead atoms. The van der Waals surface area contributed by atoms with E-state index in [1.54, 1.807) is 24.3 Å². The summed E-state index contributed by atoms with van der Waals surface area (Å²) < 4.78 is 44.1. The highest BCUT2D eigenvalue weighted by Gasteiger charge is 1.97. The van der Waals surface area contributed by atoms with Gasteiger partial charge in [0.15, 0.2) is 0 Å². The average molecular weight is 233 g/mol. The first-order valence-electron chi connectivity index (χ1n) is 8.30. The Bertz CT molecular complexity index is 609. The van der Waals surface area contributed by atoms with Crippen LogP contribution in [0.2, 0.25) is 0 Å². The fourth-order valence-electron chi connectivity index (χ4n) is 1.47. The predicted molar refractivity (Wildman–Crippen MR) is 68.5 cm³/mol. The van der Waals surface area contributed by atoms with Gasteiger partial charge >= 0.3 is 0 Å². The fraction of sp³-hybridized carbons (Fsp3) is 0.286. The standard InChI is InChI=1S/C14H17N3/c1-11-5-3-7-13(16-11)9-15-10-14-8-4-6-12(2)17-14/h3-8,15H,9-10H2,1-2H3/i1D3,2D3. The molecule has 0 amide bonds. The molecule has 2 aromatic rings. The van der Waals surface area contributed by atoms with Gasteiger partial charge in [0.1, 0.15) is 0 Å². The second-order valence-electron chi connectivity index (χ2n) is 3.63. The van der Waals surface area contributed by atoms with Crippen molar-refractivity contribution in [1.29, 1.82) is 0 Å². The first-order valence-corrected chi connectivity index (χ1v) is 5.30. The van der Waals surface area contributed by atoms with Gasteiger partial charge in [-0.2, -0.15) is 0 Å². The van der Waals surface area contributed by atoms with E-state index in [4.69, 9.17) is 8.22 Å². The zero-order chi connectivity index (χ0) is 17.1. The number of pyridine rings is 2. The molecule has 0 spiro atoms. The van der Waals surface area contributed by atoms with E-state index >= 15 is 0 Å². The van der Waals surface area contributed by atoms with Crippen LogP contribution in [0.3, 0.4) is 0 Å². The average Bonchev–Trinajstić information content (AvgIpc) is 2.46. The summed E-state index contributed by atoms with van der Waals surface area (Å²) in [7, 11) is 0. The van der Waals surface area contributed by atoms with E-state index in [1.165, 1.54) is 12.1 Å². The fourth-order valence-corrected chi connectivity index (χ4v) is 1.47. The smallest absolute Gasteiger partial charge is 0.0544 e. The highest BCUT2D eigenvalue weighted by atomic mass is 14.9. The summed E-state index contributed by atoms with van der Waals surface area (Å²) in [6, 6.07) is 9.71. The van der Waals surface area contributed by atoms with Gasteiger partial charge in [-0.1, -0.05) is 12.1 Å². The molecule has 1 N–H and O–H groups in total. The van der Waals surface area contributed by atoms with Gasteiger partial charge in [0.2, 0.25) is 0 Å². The molecule has 0 aliphatic carbocycles. The lowest BCUT2D eigenvalue weighted by molar-refractivity contribution is 0.664. The molecule has 0 fully saturated rings. The van der Waals surface area contributed by atoms with Gasteiger partial charge < -0.3 is 5.32 Å². The Morgan fingerprint density at radius 2 is 1.47 bits per heavy atom. The van der Waals surface area contributed by atoms with Gasteiger partial charge in [0, 0.05) is 32.7 Å². The molecule has 0 saturated carbocycles. The summed E-state index contributed by atoms with van der Waals surface area (Å²) in [6.45, 7) is -3.73. The Hall–Kier alpha value is -1.74. The van der Waals surface area contributed by atoms with E-state index in [-0.39, 0.29) is 11.4 Å². The van der Waals surface area contributed by atoms with Gasteiger partial charge in [-0.25, -0.2) is 0 Å². The van der Waals surface area contributed by atoms with Crippen molar-refractivity contribution in [3.63, 3.8) is 0 Å². The van der Waals surface area contributed by atoms with Crippen molar-refractivity contribution >= 4 is 0 Å². The number of hydrogen-bond acceptors (Lipinski definition) is 3. The summed E-state index contributed by atoms with van der Waals surface area (Å²) in [6.07, 6.45) is 0. The van der Waals surface area contributed by atoms with Crippen molar-refractivity contribution in [2.45, 2.75) is 26.8 Å². The van der Waals surface area contributed by atoms with Crippen molar-refractivity contribution < 1.29 is 8.22 Å². The highest BCUT2D eigenvalue weighted by molar-refractivity contribution is 5.11. The van der Waals surface area contributed by atoms with Crippen LogP contribution in [0.15, 0.2) is 36.4 Å². The third kappa shape index (κ3) is 3.64. The van der Waals surface area contributed by atoms with Crippen LogP contribution in [-0.4, -0.2) is 9.97 Å². The van der Waals surface area contributed by atoms with Gasteiger partial charge in [0.05, 0.1) is 11.4 Å². The second kappa shape index (κ2) is 5.55. The van der Waals surface area contributed by atoms with Gasteiger partial charge in [-0.3, -0.25) is 9.97 Å². The summed E-state index contributed by atoms with van der Waals surface area (Å²) in [5, 5.41) is 3.08. The van der Waals surface area contributed by atoms with Crippen molar-refractivity contribution in [3.8, 4) is 0 Å². The van der Waals surface area contributed by atoms with Gasteiger partial charge in [0.25, 0.3) is 0 Å². The third-order valence-electron chi connectivity index (χ3n) is 2.23. The van der Waals surface area contributed by atoms with Crippen molar-refractivity contribution in [2.24, 2.45) is 0 Å². The van der Waals surface area contributed by atoms with E-state index < -0.39 is 13.7 Å². The lowest BCUT2D eigenvalue weighted by Crippen LogP contribution is -2.14. The molecule has 2 rings (SSSR count). The van der Waals surface area contributed by atoms with Crippen LogP contribution in [-0.2, 0) is 13.1 Å². The maximum absolute atomic E-state index is 7.35. The number of nitrogens with one attached hydrogen (secondary N) is 1. The summed E-state index contributed by atoms with van der Waals surface area (Å²) in [5.74, 6) is 0. The van der Waals surface area contributed by atoms with Gasteiger partial charge in [-0.15, -0.1) is 0 Å². The third-order valence-corrected chi connectivity index (χ3v) is 2.23. The molecule has 0 aliphatic rings. The molecular formula is C14H17N3. The molecule has 0 radical (unpaired) electrons.